The van der Waals surface area contributed by atoms with Gasteiger partial charge in [0, 0.05) is 12.5 Å². The van der Waals surface area contributed by atoms with Gasteiger partial charge in [0.25, 0.3) is 10.0 Å². The number of nitrogens with one attached hydrogen (secondary N) is 2. The molecule has 2 saturated heterocycles. The molecule has 3 rings (SSSR count). The van der Waals surface area contributed by atoms with Crippen molar-refractivity contribution in [3.8, 4) is 5.75 Å². The molecule has 177 valence electrons. The summed E-state index contributed by atoms with van der Waals surface area (Å²) in [5.74, 6) is -1.19. The topological polar surface area (TPSA) is 131 Å². The SMILES string of the molecule is C[C@@H](C[CH]C(=O)N([C@H]1CCNC1)S(=O)(=O)c1ccc(OC2CCNCC2)c(Br)c1)C(N)=O. The normalized spacial score (nSPS) is 20.6. The molecular weight excluding hydrogens is 500 g/mol. The van der Waals surface area contributed by atoms with Gasteiger partial charge in [-0.3, -0.25) is 9.59 Å². The molecule has 0 unspecified atom stereocenters. The van der Waals surface area contributed by atoms with E-state index in [0.29, 0.717) is 29.7 Å². The van der Waals surface area contributed by atoms with Gasteiger partial charge in [0.2, 0.25) is 11.8 Å². The summed E-state index contributed by atoms with van der Waals surface area (Å²) in [7, 11) is -4.12. The van der Waals surface area contributed by atoms with Gasteiger partial charge in [0.15, 0.2) is 0 Å². The molecule has 0 bridgehead atoms. The van der Waals surface area contributed by atoms with Crippen molar-refractivity contribution in [3.05, 3.63) is 29.1 Å². The molecule has 2 aliphatic heterocycles. The quantitative estimate of drug-likeness (QED) is 0.437. The zero-order valence-electron chi connectivity index (χ0n) is 18.1. The lowest BCUT2D eigenvalue weighted by atomic mass is 10.0. The number of carbonyl (C=O) groups is 2. The third kappa shape index (κ3) is 6.00. The van der Waals surface area contributed by atoms with Crippen molar-refractivity contribution in [2.45, 2.75) is 49.6 Å². The van der Waals surface area contributed by atoms with Crippen LogP contribution in [0.4, 0.5) is 0 Å². The van der Waals surface area contributed by atoms with Gasteiger partial charge in [-0.2, -0.15) is 0 Å². The molecule has 2 aliphatic rings. The standard InChI is InChI=1S/C21H30BrN4O5S/c1-14(21(23)28)2-5-20(27)26(15-6-9-25-13-15)32(29,30)17-3-4-19(18(22)12-17)31-16-7-10-24-11-8-16/h3-5,12,14-16,24-25H,2,6-11,13H2,1H3,(H2,23,28)/t14-,15-/m0/s1. The Hall–Kier alpha value is -1.69. The van der Waals surface area contributed by atoms with Crippen LogP contribution in [-0.2, 0) is 19.6 Å². The van der Waals surface area contributed by atoms with Crippen molar-refractivity contribution in [1.29, 1.82) is 0 Å². The average Bonchev–Trinajstić information content (AvgIpc) is 3.28. The minimum Gasteiger partial charge on any atom is -0.489 e. The predicted octanol–water partition coefficient (Wildman–Crippen LogP) is 1.17. The maximum atomic E-state index is 13.5. The first-order valence-corrected chi connectivity index (χ1v) is 13.0. The lowest BCUT2D eigenvalue weighted by Gasteiger charge is -2.28. The van der Waals surface area contributed by atoms with Crippen LogP contribution in [0.5, 0.6) is 5.75 Å². The fourth-order valence-corrected chi connectivity index (χ4v) is 6.00. The second-order valence-corrected chi connectivity index (χ2v) is 10.9. The molecule has 2 heterocycles. The third-order valence-corrected chi connectivity index (χ3v) is 8.22. The summed E-state index contributed by atoms with van der Waals surface area (Å²) in [5, 5.41) is 6.37. The number of ether oxygens (including phenoxy) is 1. The number of rotatable bonds is 9. The Morgan fingerprint density at radius 3 is 2.53 bits per heavy atom. The van der Waals surface area contributed by atoms with E-state index in [1.165, 1.54) is 18.6 Å². The highest BCUT2D eigenvalue weighted by atomic mass is 79.9. The Labute approximate surface area is 197 Å². The van der Waals surface area contributed by atoms with Crippen molar-refractivity contribution < 1.29 is 22.7 Å². The van der Waals surface area contributed by atoms with Crippen LogP contribution in [0, 0.1) is 12.3 Å². The van der Waals surface area contributed by atoms with E-state index in [4.69, 9.17) is 10.5 Å². The summed E-state index contributed by atoms with van der Waals surface area (Å²) in [5.41, 5.74) is 5.26. The van der Waals surface area contributed by atoms with E-state index >= 15 is 0 Å². The lowest BCUT2D eigenvalue weighted by Crippen LogP contribution is -2.46. The molecule has 11 heteroatoms. The van der Waals surface area contributed by atoms with Gasteiger partial charge in [0.1, 0.15) is 11.9 Å². The number of primary amides is 1. The first kappa shape index (κ1) is 24.9. The number of sulfonamides is 1. The summed E-state index contributed by atoms with van der Waals surface area (Å²) in [6.45, 7) is 4.36. The van der Waals surface area contributed by atoms with Crippen LogP contribution in [0.15, 0.2) is 27.6 Å². The molecule has 2 atom stereocenters. The van der Waals surface area contributed by atoms with Crippen molar-refractivity contribution in [3.63, 3.8) is 0 Å². The second kappa shape index (κ2) is 11.0. The minimum atomic E-state index is -4.12. The molecule has 2 fully saturated rings. The largest absolute Gasteiger partial charge is 0.489 e. The highest BCUT2D eigenvalue weighted by Crippen LogP contribution is 2.32. The third-order valence-electron chi connectivity index (χ3n) is 5.75. The molecule has 0 spiro atoms. The van der Waals surface area contributed by atoms with Crippen LogP contribution in [0.2, 0.25) is 0 Å². The number of carbonyl (C=O) groups excluding carboxylic acids is 2. The number of nitrogens with zero attached hydrogens (tertiary/aromatic N) is 1. The van der Waals surface area contributed by atoms with Gasteiger partial charge >= 0.3 is 0 Å². The van der Waals surface area contributed by atoms with E-state index in [0.717, 1.165) is 30.2 Å². The van der Waals surface area contributed by atoms with Gasteiger partial charge in [0.05, 0.1) is 21.8 Å². The number of hydrogen-bond donors (Lipinski definition) is 3. The fraction of sp³-hybridized carbons (Fsp3) is 0.571. The van der Waals surface area contributed by atoms with Crippen molar-refractivity contribution in [2.24, 2.45) is 11.7 Å². The maximum Gasteiger partial charge on any atom is 0.266 e. The number of benzene rings is 1. The Kier molecular flexibility index (Phi) is 8.54. The number of piperidine rings is 1. The van der Waals surface area contributed by atoms with Crippen molar-refractivity contribution in [1.82, 2.24) is 14.9 Å². The monoisotopic (exact) mass is 529 g/mol. The molecule has 2 amide bonds. The molecule has 0 aliphatic carbocycles. The van der Waals surface area contributed by atoms with Crippen LogP contribution >= 0.6 is 15.9 Å². The molecule has 4 N–H and O–H groups in total. The highest BCUT2D eigenvalue weighted by Gasteiger charge is 2.37. The Balaban J connectivity index is 1.81. The molecule has 1 aromatic carbocycles. The van der Waals surface area contributed by atoms with E-state index in [1.807, 2.05) is 0 Å². The molecule has 1 radical (unpaired) electrons. The smallest absolute Gasteiger partial charge is 0.266 e. The zero-order valence-corrected chi connectivity index (χ0v) is 20.5. The first-order valence-electron chi connectivity index (χ1n) is 10.8. The number of nitrogens with two attached hydrogens (primary N) is 1. The number of halogens is 1. The number of amides is 2. The molecule has 0 aromatic heterocycles. The summed E-state index contributed by atoms with van der Waals surface area (Å²) >= 11 is 3.42. The van der Waals surface area contributed by atoms with Gasteiger partial charge in [-0.05, 0) is 79.4 Å². The van der Waals surface area contributed by atoms with E-state index in [-0.39, 0.29) is 17.4 Å². The Morgan fingerprint density at radius 1 is 1.25 bits per heavy atom. The van der Waals surface area contributed by atoms with Gasteiger partial charge in [-0.1, -0.05) is 6.92 Å². The summed E-state index contributed by atoms with van der Waals surface area (Å²) < 4.78 is 34.4. The first-order chi connectivity index (χ1) is 15.2. The van der Waals surface area contributed by atoms with Gasteiger partial charge in [-0.15, -0.1) is 0 Å². The van der Waals surface area contributed by atoms with Crippen LogP contribution in [0.3, 0.4) is 0 Å². The van der Waals surface area contributed by atoms with Crippen molar-refractivity contribution >= 4 is 37.8 Å². The van der Waals surface area contributed by atoms with Crippen LogP contribution in [-0.4, -0.2) is 62.9 Å². The van der Waals surface area contributed by atoms with Crippen LogP contribution in [0.1, 0.15) is 32.6 Å². The van der Waals surface area contributed by atoms with E-state index in [1.54, 1.807) is 13.0 Å². The van der Waals surface area contributed by atoms with Crippen LogP contribution in [0.25, 0.3) is 0 Å². The number of hydrogen-bond acceptors (Lipinski definition) is 7. The lowest BCUT2D eigenvalue weighted by molar-refractivity contribution is -0.124. The Bertz CT molecular complexity index is 930. The summed E-state index contributed by atoms with van der Waals surface area (Å²) in [6.07, 6.45) is 3.65. The maximum absolute atomic E-state index is 13.5. The average molecular weight is 530 g/mol. The molecule has 0 saturated carbocycles. The Morgan fingerprint density at radius 2 is 1.94 bits per heavy atom. The van der Waals surface area contributed by atoms with E-state index in [9.17, 15) is 18.0 Å². The second-order valence-electron chi connectivity index (χ2n) is 8.19. The highest BCUT2D eigenvalue weighted by molar-refractivity contribution is 9.10. The molecule has 1 aromatic rings. The summed E-state index contributed by atoms with van der Waals surface area (Å²) in [6, 6.07) is 4.05. The zero-order chi connectivity index (χ0) is 23.3. The molecule has 9 nitrogen and oxygen atoms in total. The fourth-order valence-electron chi connectivity index (χ4n) is 3.76. The minimum absolute atomic E-state index is 0.00126. The van der Waals surface area contributed by atoms with Gasteiger partial charge < -0.3 is 21.1 Å². The molecule has 32 heavy (non-hydrogen) atoms. The van der Waals surface area contributed by atoms with Crippen molar-refractivity contribution in [2.75, 3.05) is 26.2 Å². The van der Waals surface area contributed by atoms with Crippen LogP contribution < -0.4 is 21.1 Å². The van der Waals surface area contributed by atoms with E-state index < -0.39 is 33.8 Å². The predicted molar refractivity (Wildman–Crippen MR) is 123 cm³/mol. The summed E-state index contributed by atoms with van der Waals surface area (Å²) in [4.78, 5) is 24.3. The van der Waals surface area contributed by atoms with E-state index in [2.05, 4.69) is 26.6 Å². The van der Waals surface area contributed by atoms with Gasteiger partial charge in [-0.25, -0.2) is 12.7 Å². The molecular formula is C21H30BrN4O5S.